The van der Waals surface area contributed by atoms with E-state index in [-0.39, 0.29) is 23.7 Å². The first-order valence-electron chi connectivity index (χ1n) is 7.62. The zero-order valence-corrected chi connectivity index (χ0v) is 12.8. The Bertz CT molecular complexity index is 628. The van der Waals surface area contributed by atoms with Crippen LogP contribution >= 0.6 is 0 Å². The summed E-state index contributed by atoms with van der Waals surface area (Å²) in [6.07, 6.45) is 3.55. The van der Waals surface area contributed by atoms with Gasteiger partial charge in [-0.25, -0.2) is 9.69 Å². The number of hydrogen-bond acceptors (Lipinski definition) is 4. The Morgan fingerprint density at radius 2 is 1.73 bits per heavy atom. The minimum Gasteiger partial charge on any atom is -0.465 e. The summed E-state index contributed by atoms with van der Waals surface area (Å²) in [5, 5.41) is 0. The van der Waals surface area contributed by atoms with Crippen molar-refractivity contribution < 1.29 is 19.1 Å². The average molecular weight is 301 g/mol. The van der Waals surface area contributed by atoms with Gasteiger partial charge in [-0.05, 0) is 37.5 Å². The number of carbonyl (C=O) groups excluding carboxylic acids is 3. The lowest BCUT2D eigenvalue weighted by molar-refractivity contribution is -0.122. The highest BCUT2D eigenvalue weighted by Gasteiger charge is 2.49. The molecule has 116 valence electrons. The molecule has 2 aliphatic rings. The van der Waals surface area contributed by atoms with Crippen molar-refractivity contribution in [3.63, 3.8) is 0 Å². The maximum Gasteiger partial charge on any atom is 0.338 e. The van der Waals surface area contributed by atoms with E-state index in [4.69, 9.17) is 4.74 Å². The molecule has 3 rings (SSSR count). The van der Waals surface area contributed by atoms with Crippen molar-refractivity contribution in [2.45, 2.75) is 32.6 Å². The number of ether oxygens (including phenoxy) is 1. The van der Waals surface area contributed by atoms with Crippen LogP contribution in [0.3, 0.4) is 0 Å². The second kappa shape index (κ2) is 5.55. The Morgan fingerprint density at radius 3 is 2.27 bits per heavy atom. The first-order chi connectivity index (χ1) is 10.6. The van der Waals surface area contributed by atoms with Crippen molar-refractivity contribution in [3.05, 3.63) is 29.3 Å². The fourth-order valence-electron chi connectivity index (χ4n) is 3.60. The predicted molar refractivity (Wildman–Crippen MR) is 80.5 cm³/mol. The number of fused-ring (bicyclic) bond motifs is 1. The lowest BCUT2D eigenvalue weighted by Gasteiger charge is -2.19. The van der Waals surface area contributed by atoms with Crippen molar-refractivity contribution in [3.8, 4) is 0 Å². The minimum absolute atomic E-state index is 0.125. The van der Waals surface area contributed by atoms with Crippen LogP contribution in [0, 0.1) is 18.8 Å². The van der Waals surface area contributed by atoms with E-state index in [2.05, 4.69) is 0 Å². The molecule has 2 amide bonds. The van der Waals surface area contributed by atoms with Gasteiger partial charge in [0.05, 0.1) is 30.2 Å². The molecule has 0 spiro atoms. The van der Waals surface area contributed by atoms with Crippen LogP contribution in [-0.4, -0.2) is 24.9 Å². The van der Waals surface area contributed by atoms with Crippen LogP contribution in [0.1, 0.15) is 41.6 Å². The molecule has 1 saturated heterocycles. The average Bonchev–Trinajstić information content (AvgIpc) is 2.79. The van der Waals surface area contributed by atoms with E-state index in [0.29, 0.717) is 16.8 Å². The molecule has 1 saturated carbocycles. The molecule has 22 heavy (non-hydrogen) atoms. The highest BCUT2D eigenvalue weighted by atomic mass is 16.5. The van der Waals surface area contributed by atoms with Gasteiger partial charge >= 0.3 is 5.97 Å². The Morgan fingerprint density at radius 1 is 1.14 bits per heavy atom. The van der Waals surface area contributed by atoms with Crippen molar-refractivity contribution in [2.24, 2.45) is 11.8 Å². The molecule has 0 unspecified atom stereocenters. The molecular weight excluding hydrogens is 282 g/mol. The van der Waals surface area contributed by atoms with Crippen LogP contribution < -0.4 is 4.90 Å². The highest BCUT2D eigenvalue weighted by Crippen LogP contribution is 2.41. The third kappa shape index (κ3) is 2.12. The summed E-state index contributed by atoms with van der Waals surface area (Å²) < 4.78 is 4.76. The van der Waals surface area contributed by atoms with Gasteiger partial charge in [0.2, 0.25) is 11.8 Å². The zero-order chi connectivity index (χ0) is 15.9. The van der Waals surface area contributed by atoms with Gasteiger partial charge in [0.15, 0.2) is 0 Å². The molecule has 0 aromatic heterocycles. The van der Waals surface area contributed by atoms with Crippen molar-refractivity contribution in [2.75, 3.05) is 12.0 Å². The number of rotatable bonds is 2. The number of carbonyl (C=O) groups is 3. The molecule has 1 aliphatic carbocycles. The van der Waals surface area contributed by atoms with Gasteiger partial charge in [-0.1, -0.05) is 18.9 Å². The van der Waals surface area contributed by atoms with Gasteiger partial charge < -0.3 is 4.74 Å². The number of amides is 2. The van der Waals surface area contributed by atoms with Gasteiger partial charge in [-0.3, -0.25) is 9.59 Å². The standard InChI is InChI=1S/C17H19NO4/c1-10-11(17(21)22-2)8-5-9-14(10)18-15(19)12-6-3-4-7-13(12)16(18)20/h5,8-9,12-13H,3-4,6-7H2,1-2H3/t12-,13-/m0/s1. The minimum atomic E-state index is -0.462. The number of anilines is 1. The predicted octanol–water partition coefficient (Wildman–Crippen LogP) is 2.46. The fourth-order valence-corrected chi connectivity index (χ4v) is 3.60. The van der Waals surface area contributed by atoms with Gasteiger partial charge in [0.1, 0.15) is 0 Å². The molecule has 0 bridgehead atoms. The van der Waals surface area contributed by atoms with E-state index >= 15 is 0 Å². The summed E-state index contributed by atoms with van der Waals surface area (Å²) in [7, 11) is 1.31. The highest BCUT2D eigenvalue weighted by molar-refractivity contribution is 6.22. The molecule has 1 heterocycles. The summed E-state index contributed by atoms with van der Waals surface area (Å²) >= 11 is 0. The fraction of sp³-hybridized carbons (Fsp3) is 0.471. The Labute approximate surface area is 129 Å². The molecule has 0 radical (unpaired) electrons. The maximum absolute atomic E-state index is 12.6. The van der Waals surface area contributed by atoms with E-state index in [9.17, 15) is 14.4 Å². The second-order valence-electron chi connectivity index (χ2n) is 5.95. The monoisotopic (exact) mass is 301 g/mol. The van der Waals surface area contributed by atoms with Crippen molar-refractivity contribution in [1.29, 1.82) is 0 Å². The van der Waals surface area contributed by atoms with E-state index in [0.717, 1.165) is 25.7 Å². The van der Waals surface area contributed by atoms with Crippen molar-refractivity contribution >= 4 is 23.5 Å². The SMILES string of the molecule is COC(=O)c1cccc(N2C(=O)[C@H]3CCCC[C@@H]3C2=O)c1C. The van der Waals surface area contributed by atoms with Crippen LogP contribution in [0.5, 0.6) is 0 Å². The van der Waals surface area contributed by atoms with Gasteiger partial charge in [0.25, 0.3) is 0 Å². The first kappa shape index (κ1) is 14.8. The van der Waals surface area contributed by atoms with E-state index in [1.165, 1.54) is 12.0 Å². The lowest BCUT2D eigenvalue weighted by atomic mass is 9.81. The third-order valence-electron chi connectivity index (χ3n) is 4.79. The molecule has 1 aromatic rings. The number of methoxy groups -OCH3 is 1. The van der Waals surface area contributed by atoms with Crippen LogP contribution in [0.4, 0.5) is 5.69 Å². The number of benzene rings is 1. The summed E-state index contributed by atoms with van der Waals surface area (Å²) in [5.74, 6) is -1.10. The quantitative estimate of drug-likeness (QED) is 0.622. The molecule has 0 N–H and O–H groups in total. The van der Waals surface area contributed by atoms with Gasteiger partial charge in [-0.15, -0.1) is 0 Å². The largest absolute Gasteiger partial charge is 0.465 e. The number of esters is 1. The lowest BCUT2D eigenvalue weighted by Crippen LogP contribution is -2.31. The Hall–Kier alpha value is -2.17. The summed E-state index contributed by atoms with van der Waals surface area (Å²) in [6, 6.07) is 5.04. The number of hydrogen-bond donors (Lipinski definition) is 0. The summed E-state index contributed by atoms with van der Waals surface area (Å²) in [5.41, 5.74) is 1.50. The number of imide groups is 1. The van der Waals surface area contributed by atoms with E-state index in [1.54, 1.807) is 25.1 Å². The molecule has 1 aromatic carbocycles. The Kier molecular flexibility index (Phi) is 3.72. The molecule has 2 atom stereocenters. The summed E-state index contributed by atoms with van der Waals surface area (Å²) in [4.78, 5) is 38.4. The molecular formula is C17H19NO4. The van der Waals surface area contributed by atoms with Crippen LogP contribution in [0.15, 0.2) is 18.2 Å². The van der Waals surface area contributed by atoms with Crippen LogP contribution in [0.2, 0.25) is 0 Å². The summed E-state index contributed by atoms with van der Waals surface area (Å²) in [6.45, 7) is 1.74. The molecule has 2 fully saturated rings. The maximum atomic E-state index is 12.6. The molecule has 1 aliphatic heterocycles. The molecule has 5 heteroatoms. The Balaban J connectivity index is 2.02. The smallest absolute Gasteiger partial charge is 0.338 e. The molecule has 5 nitrogen and oxygen atoms in total. The first-order valence-corrected chi connectivity index (χ1v) is 7.62. The van der Waals surface area contributed by atoms with Gasteiger partial charge in [0, 0.05) is 0 Å². The van der Waals surface area contributed by atoms with Crippen LogP contribution in [0.25, 0.3) is 0 Å². The third-order valence-corrected chi connectivity index (χ3v) is 4.79. The topological polar surface area (TPSA) is 63.7 Å². The zero-order valence-electron chi connectivity index (χ0n) is 12.8. The normalized spacial score (nSPS) is 24.4. The van der Waals surface area contributed by atoms with E-state index in [1.807, 2.05) is 0 Å². The van der Waals surface area contributed by atoms with Crippen LogP contribution in [-0.2, 0) is 14.3 Å². The second-order valence-corrected chi connectivity index (χ2v) is 5.95. The van der Waals surface area contributed by atoms with Crippen molar-refractivity contribution in [1.82, 2.24) is 0 Å². The number of nitrogens with zero attached hydrogens (tertiary/aromatic N) is 1. The van der Waals surface area contributed by atoms with E-state index < -0.39 is 5.97 Å². The van der Waals surface area contributed by atoms with Gasteiger partial charge in [-0.2, -0.15) is 0 Å².